The number of rotatable bonds is 7. The molecule has 0 radical (unpaired) electrons. The highest BCUT2D eigenvalue weighted by Crippen LogP contribution is 2.32. The number of para-hydroxylation sites is 2. The zero-order chi connectivity index (χ0) is 25.1. The van der Waals surface area contributed by atoms with E-state index in [2.05, 4.69) is 10.2 Å². The summed E-state index contributed by atoms with van der Waals surface area (Å²) in [6.07, 6.45) is -0.283. The second-order valence-corrected chi connectivity index (χ2v) is 9.08. The van der Waals surface area contributed by atoms with E-state index in [0.29, 0.717) is 40.7 Å². The van der Waals surface area contributed by atoms with Crippen molar-refractivity contribution < 1.29 is 24.2 Å². The predicted molar refractivity (Wildman–Crippen MR) is 136 cm³/mol. The van der Waals surface area contributed by atoms with Crippen LogP contribution in [-0.2, 0) is 11.2 Å². The quantitative estimate of drug-likeness (QED) is 0.474. The van der Waals surface area contributed by atoms with Crippen LogP contribution < -0.4 is 19.7 Å². The smallest absolute Gasteiger partial charge is 0.307 e. The maximum atomic E-state index is 13.1. The van der Waals surface area contributed by atoms with Gasteiger partial charge in [-0.05, 0) is 66.9 Å². The molecule has 35 heavy (non-hydrogen) atoms. The number of nitrogens with zero attached hydrogens (tertiary/aromatic N) is 1. The molecule has 0 unspecified atom stereocenters. The Balaban J connectivity index is 1.44. The van der Waals surface area contributed by atoms with Gasteiger partial charge in [-0.2, -0.15) is 0 Å². The third-order valence-corrected chi connectivity index (χ3v) is 6.18. The van der Waals surface area contributed by atoms with E-state index in [-0.39, 0.29) is 18.4 Å². The van der Waals surface area contributed by atoms with Crippen molar-refractivity contribution in [3.8, 4) is 11.5 Å². The summed E-state index contributed by atoms with van der Waals surface area (Å²) in [5.41, 5.74) is 3.99. The second kappa shape index (κ2) is 10.3. The number of amides is 1. The van der Waals surface area contributed by atoms with Crippen molar-refractivity contribution in [2.45, 2.75) is 26.4 Å². The number of halogens is 1. The second-order valence-electron chi connectivity index (χ2n) is 8.67. The van der Waals surface area contributed by atoms with E-state index in [0.717, 1.165) is 22.6 Å². The lowest BCUT2D eigenvalue weighted by atomic mass is 10.0. The first-order valence-corrected chi connectivity index (χ1v) is 11.6. The molecule has 1 aliphatic rings. The topological polar surface area (TPSA) is 88.1 Å². The number of aliphatic carboxylic acids is 1. The number of aryl methyl sites for hydroxylation is 2. The van der Waals surface area contributed by atoms with Crippen molar-refractivity contribution >= 4 is 34.9 Å². The minimum Gasteiger partial charge on any atom is -0.490 e. The molecule has 3 aromatic carbocycles. The Hall–Kier alpha value is -3.71. The first-order valence-electron chi connectivity index (χ1n) is 11.2. The SMILES string of the molecule is Cc1cc(OC[C@@H]2CN(C)c3ccccc3O2)cc(C)c1C(=O)Nc1cc(CC(=O)O)ccc1Cl. The van der Waals surface area contributed by atoms with E-state index in [1.54, 1.807) is 18.2 Å². The van der Waals surface area contributed by atoms with Crippen LogP contribution in [0, 0.1) is 13.8 Å². The molecule has 0 aliphatic carbocycles. The van der Waals surface area contributed by atoms with E-state index in [9.17, 15) is 9.59 Å². The highest BCUT2D eigenvalue weighted by molar-refractivity contribution is 6.34. The number of carbonyl (C=O) groups is 2. The van der Waals surface area contributed by atoms with Crippen LogP contribution >= 0.6 is 11.6 Å². The van der Waals surface area contributed by atoms with Crippen LogP contribution in [0.3, 0.4) is 0 Å². The largest absolute Gasteiger partial charge is 0.490 e. The first kappa shape index (κ1) is 24.4. The first-order chi connectivity index (χ1) is 16.7. The molecule has 0 spiro atoms. The molecule has 7 nitrogen and oxygen atoms in total. The molecule has 1 amide bonds. The van der Waals surface area contributed by atoms with Crippen LogP contribution in [0.2, 0.25) is 5.02 Å². The molecular formula is C27H27ClN2O5. The number of ether oxygens (including phenoxy) is 2. The molecule has 2 N–H and O–H groups in total. The summed E-state index contributed by atoms with van der Waals surface area (Å²) in [5, 5.41) is 12.2. The summed E-state index contributed by atoms with van der Waals surface area (Å²) < 4.78 is 12.1. The number of hydrogen-bond acceptors (Lipinski definition) is 5. The molecule has 0 bridgehead atoms. The van der Waals surface area contributed by atoms with E-state index in [1.165, 1.54) is 0 Å². The van der Waals surface area contributed by atoms with Crippen LogP contribution in [0.1, 0.15) is 27.0 Å². The lowest BCUT2D eigenvalue weighted by Crippen LogP contribution is -2.41. The summed E-state index contributed by atoms with van der Waals surface area (Å²) in [4.78, 5) is 26.2. The van der Waals surface area contributed by atoms with Crippen molar-refractivity contribution in [3.63, 3.8) is 0 Å². The Morgan fingerprint density at radius 1 is 1.14 bits per heavy atom. The maximum Gasteiger partial charge on any atom is 0.307 e. The Morgan fingerprint density at radius 2 is 1.86 bits per heavy atom. The molecule has 0 fully saturated rings. The fourth-order valence-electron chi connectivity index (χ4n) is 4.27. The standard InChI is InChI=1S/C27H27ClN2O5/c1-16-10-19(34-15-20-14-30(3)23-6-4-5-7-24(23)35-20)11-17(2)26(16)27(33)29-22-12-18(13-25(31)32)8-9-21(22)28/h4-12,20H,13-15H2,1-3H3,(H,29,33)(H,31,32)/t20-/m0/s1. The molecule has 0 saturated carbocycles. The van der Waals surface area contributed by atoms with Crippen molar-refractivity contribution in [1.82, 2.24) is 0 Å². The van der Waals surface area contributed by atoms with Gasteiger partial charge in [0, 0.05) is 12.6 Å². The number of carbonyl (C=O) groups excluding carboxylic acids is 1. The summed E-state index contributed by atoms with van der Waals surface area (Å²) in [7, 11) is 2.03. The van der Waals surface area contributed by atoms with Gasteiger partial charge in [-0.15, -0.1) is 0 Å². The fraction of sp³-hybridized carbons (Fsp3) is 0.259. The number of nitrogens with one attached hydrogen (secondary N) is 1. The van der Waals surface area contributed by atoms with Crippen LogP contribution in [0.25, 0.3) is 0 Å². The Kier molecular flexibility index (Phi) is 7.17. The minimum atomic E-state index is -0.957. The molecule has 0 aromatic heterocycles. The van der Waals surface area contributed by atoms with Gasteiger partial charge in [-0.3, -0.25) is 9.59 Å². The van der Waals surface area contributed by atoms with Crippen molar-refractivity contribution in [3.05, 3.63) is 81.9 Å². The van der Waals surface area contributed by atoms with Crippen molar-refractivity contribution in [1.29, 1.82) is 0 Å². The van der Waals surface area contributed by atoms with E-state index in [1.807, 2.05) is 57.3 Å². The van der Waals surface area contributed by atoms with Crippen molar-refractivity contribution in [2.75, 3.05) is 30.4 Å². The normalized spacial score (nSPS) is 14.6. The molecule has 4 rings (SSSR count). The zero-order valence-electron chi connectivity index (χ0n) is 19.8. The summed E-state index contributed by atoms with van der Waals surface area (Å²) in [6, 6.07) is 16.3. The van der Waals surface area contributed by atoms with Crippen LogP contribution in [0.15, 0.2) is 54.6 Å². The third-order valence-electron chi connectivity index (χ3n) is 5.85. The molecule has 1 atom stereocenters. The number of benzene rings is 3. The summed E-state index contributed by atoms with van der Waals surface area (Å²) in [6.45, 7) is 4.77. The molecule has 0 saturated heterocycles. The van der Waals surface area contributed by atoms with E-state index < -0.39 is 5.97 Å². The van der Waals surface area contributed by atoms with Crippen LogP contribution in [0.4, 0.5) is 11.4 Å². The van der Waals surface area contributed by atoms with Gasteiger partial charge in [-0.25, -0.2) is 0 Å². The van der Waals surface area contributed by atoms with Crippen LogP contribution in [-0.4, -0.2) is 43.3 Å². The molecular weight excluding hydrogens is 468 g/mol. The van der Waals surface area contributed by atoms with Gasteiger partial charge in [0.2, 0.25) is 0 Å². The Bertz CT molecular complexity index is 1250. The van der Waals surface area contributed by atoms with Gasteiger partial charge in [-0.1, -0.05) is 29.8 Å². The molecule has 1 aliphatic heterocycles. The fourth-order valence-corrected chi connectivity index (χ4v) is 4.44. The predicted octanol–water partition coefficient (Wildman–Crippen LogP) is 5.11. The summed E-state index contributed by atoms with van der Waals surface area (Å²) >= 11 is 6.23. The highest BCUT2D eigenvalue weighted by atomic mass is 35.5. The van der Waals surface area contributed by atoms with Gasteiger partial charge in [0.1, 0.15) is 24.2 Å². The Labute approximate surface area is 209 Å². The third kappa shape index (κ3) is 5.69. The summed E-state index contributed by atoms with van der Waals surface area (Å²) in [5.74, 6) is 0.208. The lowest BCUT2D eigenvalue weighted by molar-refractivity contribution is -0.136. The molecule has 3 aromatic rings. The number of hydrogen-bond donors (Lipinski definition) is 2. The number of anilines is 2. The van der Waals surface area contributed by atoms with Gasteiger partial charge < -0.3 is 24.8 Å². The van der Waals surface area contributed by atoms with Gasteiger partial charge in [0.25, 0.3) is 5.91 Å². The monoisotopic (exact) mass is 494 g/mol. The lowest BCUT2D eigenvalue weighted by Gasteiger charge is -2.33. The molecule has 8 heteroatoms. The van der Waals surface area contributed by atoms with Gasteiger partial charge in [0.05, 0.1) is 29.4 Å². The van der Waals surface area contributed by atoms with Gasteiger partial charge >= 0.3 is 5.97 Å². The minimum absolute atomic E-state index is 0.126. The average Bonchev–Trinajstić information content (AvgIpc) is 2.79. The molecule has 1 heterocycles. The number of likely N-dealkylation sites (N-methyl/N-ethyl adjacent to an activating group) is 1. The van der Waals surface area contributed by atoms with E-state index in [4.69, 9.17) is 26.2 Å². The number of fused-ring (bicyclic) bond motifs is 1. The number of carboxylic acid groups (broad SMARTS) is 1. The number of carboxylic acids is 1. The Morgan fingerprint density at radius 3 is 2.57 bits per heavy atom. The van der Waals surface area contributed by atoms with Crippen molar-refractivity contribution in [2.24, 2.45) is 0 Å². The zero-order valence-corrected chi connectivity index (χ0v) is 20.6. The highest BCUT2D eigenvalue weighted by Gasteiger charge is 2.24. The van der Waals surface area contributed by atoms with Crippen LogP contribution in [0.5, 0.6) is 11.5 Å². The molecule has 182 valence electrons. The maximum absolute atomic E-state index is 13.1. The van der Waals surface area contributed by atoms with E-state index >= 15 is 0 Å². The van der Waals surface area contributed by atoms with Gasteiger partial charge in [0.15, 0.2) is 0 Å². The average molecular weight is 495 g/mol.